The van der Waals surface area contributed by atoms with Crippen LogP contribution < -0.4 is 17.0 Å². The zero-order valence-corrected chi connectivity index (χ0v) is 20.6. The van der Waals surface area contributed by atoms with Crippen LogP contribution in [-0.2, 0) is 23.6 Å². The Hall–Kier alpha value is -2.92. The van der Waals surface area contributed by atoms with Gasteiger partial charge in [-0.25, -0.2) is 9.18 Å². The molecule has 1 aromatic heterocycles. The highest BCUT2D eigenvalue weighted by Gasteiger charge is 2.51. The molecule has 35 heavy (non-hydrogen) atoms. The summed E-state index contributed by atoms with van der Waals surface area (Å²) in [6, 6.07) is 0.186. The van der Waals surface area contributed by atoms with Crippen LogP contribution in [-0.4, -0.2) is 40.4 Å². The van der Waals surface area contributed by atoms with Crippen molar-refractivity contribution < 1.29 is 39.3 Å². The molecule has 2 heterocycles. The monoisotopic (exact) mass is 495 g/mol. The lowest BCUT2D eigenvalue weighted by atomic mass is 9.78. The van der Waals surface area contributed by atoms with Gasteiger partial charge in [0.1, 0.15) is 17.4 Å². The lowest BCUT2D eigenvalue weighted by Gasteiger charge is -2.32. The first-order valence-electron chi connectivity index (χ1n) is 13.3. The van der Waals surface area contributed by atoms with Crippen LogP contribution in [0.1, 0.15) is 74.1 Å². The van der Waals surface area contributed by atoms with Crippen LogP contribution in [0.5, 0.6) is 0 Å². The molecular weight excluding hydrogens is 458 g/mol. The van der Waals surface area contributed by atoms with E-state index in [1.54, 1.807) is 0 Å². The topological polar surface area (TPSA) is 123 Å². The lowest BCUT2D eigenvalue weighted by molar-refractivity contribution is -0.155. The van der Waals surface area contributed by atoms with E-state index < -0.39 is 71.9 Å². The SMILES string of the molecule is [2H]C([2H])(C(=O)OC(C)(C)C)C([2H])([2H])C([2H])(C(N)=O)n1cc(-c2ccc(B3OC(C)(C)C(C)(C)O3)cc2F)oc1=O. The Kier molecular flexibility index (Phi) is 5.38. The van der Waals surface area contributed by atoms with Crippen molar-refractivity contribution in [3.05, 3.63) is 40.8 Å². The number of primary amides is 1. The standard InChI is InChI=1S/C24H32BFN2O7/c1-22(2,3)33-19(29)11-10-17(20(27)30)28-13-18(32-21(28)31)15-9-8-14(12-16(15)26)25-34-23(4,5)24(6,7)35-25/h8-9,12-13,17H,10-11H2,1-7H3,(H2,27,30)/i10D2,11D2,17D. The van der Waals surface area contributed by atoms with Crippen molar-refractivity contribution in [3.63, 3.8) is 0 Å². The van der Waals surface area contributed by atoms with Gasteiger partial charge in [-0.15, -0.1) is 0 Å². The van der Waals surface area contributed by atoms with E-state index in [0.717, 1.165) is 6.07 Å². The molecule has 9 nitrogen and oxygen atoms in total. The van der Waals surface area contributed by atoms with Crippen molar-refractivity contribution in [1.29, 1.82) is 0 Å². The fraction of sp³-hybridized carbons (Fsp3) is 0.542. The van der Waals surface area contributed by atoms with E-state index in [9.17, 15) is 14.4 Å². The molecule has 1 unspecified atom stereocenters. The van der Waals surface area contributed by atoms with E-state index in [2.05, 4.69) is 0 Å². The fourth-order valence-electron chi connectivity index (χ4n) is 3.13. The maximum atomic E-state index is 15.2. The first-order valence-corrected chi connectivity index (χ1v) is 10.8. The zero-order chi connectivity index (χ0) is 30.9. The Labute approximate surface area is 210 Å². The van der Waals surface area contributed by atoms with E-state index in [4.69, 9.17) is 31.1 Å². The minimum Gasteiger partial charge on any atom is -0.460 e. The number of nitrogens with two attached hydrogens (primary N) is 1. The smallest absolute Gasteiger partial charge is 0.460 e. The highest BCUT2D eigenvalue weighted by Crippen LogP contribution is 2.36. The van der Waals surface area contributed by atoms with Crippen LogP contribution in [0.25, 0.3) is 11.3 Å². The summed E-state index contributed by atoms with van der Waals surface area (Å²) in [5, 5.41) is 0. The molecule has 0 radical (unpaired) electrons. The van der Waals surface area contributed by atoms with Gasteiger partial charge in [-0.3, -0.25) is 14.2 Å². The molecule has 1 fully saturated rings. The van der Waals surface area contributed by atoms with Gasteiger partial charge < -0.3 is 24.2 Å². The normalized spacial score (nSPS) is 21.7. The Balaban J connectivity index is 2.05. The van der Waals surface area contributed by atoms with Gasteiger partial charge in [-0.1, -0.05) is 6.07 Å². The molecule has 2 aromatic rings. The summed E-state index contributed by atoms with van der Waals surface area (Å²) in [4.78, 5) is 37.8. The van der Waals surface area contributed by atoms with Crippen molar-refractivity contribution >= 4 is 24.5 Å². The second-order valence-corrected chi connectivity index (χ2v) is 10.0. The van der Waals surface area contributed by atoms with Crippen LogP contribution in [0.15, 0.2) is 33.6 Å². The van der Waals surface area contributed by atoms with Gasteiger partial charge in [0.2, 0.25) is 5.91 Å². The van der Waals surface area contributed by atoms with Gasteiger partial charge in [-0.05, 0) is 72.4 Å². The minimum absolute atomic E-state index is 0.0778. The Morgan fingerprint density at radius 1 is 1.26 bits per heavy atom. The number of oxazole rings is 1. The summed E-state index contributed by atoms with van der Waals surface area (Å²) in [7, 11) is -0.900. The number of halogens is 1. The Morgan fingerprint density at radius 3 is 2.37 bits per heavy atom. The molecule has 11 heteroatoms. The molecular formula is C24H32BFN2O7. The fourth-order valence-corrected chi connectivity index (χ4v) is 3.13. The molecule has 3 rings (SSSR count). The summed E-state index contributed by atoms with van der Waals surface area (Å²) >= 11 is 0. The van der Waals surface area contributed by atoms with Crippen LogP contribution in [0.3, 0.4) is 0 Å². The van der Waals surface area contributed by atoms with Crippen LogP contribution in [0.4, 0.5) is 4.39 Å². The number of aromatic nitrogens is 1. The first-order chi connectivity index (χ1) is 17.9. The third kappa shape index (κ3) is 5.84. The number of benzene rings is 1. The molecule has 1 saturated heterocycles. The summed E-state index contributed by atoms with van der Waals surface area (Å²) in [6.07, 6.45) is -6.78. The maximum Gasteiger partial charge on any atom is 0.494 e. The van der Waals surface area contributed by atoms with Crippen molar-refractivity contribution in [2.24, 2.45) is 5.73 Å². The third-order valence-corrected chi connectivity index (χ3v) is 5.58. The van der Waals surface area contributed by atoms with E-state index >= 15 is 4.39 Å². The molecule has 0 saturated carbocycles. The van der Waals surface area contributed by atoms with E-state index in [1.165, 1.54) is 32.9 Å². The number of carbonyl (C=O) groups is 2. The highest BCUT2D eigenvalue weighted by atomic mass is 19.1. The molecule has 1 atom stereocenters. The van der Waals surface area contributed by atoms with E-state index in [1.807, 2.05) is 27.7 Å². The van der Waals surface area contributed by atoms with Gasteiger partial charge in [0.25, 0.3) is 0 Å². The predicted molar refractivity (Wildman–Crippen MR) is 127 cm³/mol. The van der Waals surface area contributed by atoms with Crippen LogP contribution >= 0.6 is 0 Å². The number of amides is 1. The van der Waals surface area contributed by atoms with Gasteiger partial charge in [0.05, 0.1) is 24.3 Å². The van der Waals surface area contributed by atoms with E-state index in [-0.39, 0.29) is 10.1 Å². The average Bonchev–Trinajstić information content (AvgIpc) is 3.27. The van der Waals surface area contributed by atoms with Crippen LogP contribution in [0.2, 0.25) is 0 Å². The summed E-state index contributed by atoms with van der Waals surface area (Å²) < 4.78 is 78.5. The van der Waals surface area contributed by atoms with Crippen molar-refractivity contribution in [2.45, 2.75) is 84.0 Å². The van der Waals surface area contributed by atoms with Crippen molar-refractivity contribution in [2.75, 3.05) is 0 Å². The van der Waals surface area contributed by atoms with E-state index in [0.29, 0.717) is 11.7 Å². The quantitative estimate of drug-likeness (QED) is 0.463. The summed E-state index contributed by atoms with van der Waals surface area (Å²) in [5.41, 5.74) is 2.69. The first kappa shape index (κ1) is 20.3. The van der Waals surface area contributed by atoms with Gasteiger partial charge in [0, 0.05) is 11.9 Å². The molecule has 1 aliphatic rings. The summed E-state index contributed by atoms with van der Waals surface area (Å²) in [5.74, 6) is -6.51. The second kappa shape index (κ2) is 9.27. The van der Waals surface area contributed by atoms with Gasteiger partial charge >= 0.3 is 18.8 Å². The van der Waals surface area contributed by atoms with Crippen LogP contribution in [0, 0.1) is 5.82 Å². The molecule has 0 spiro atoms. The van der Waals surface area contributed by atoms with Crippen molar-refractivity contribution in [1.82, 2.24) is 4.57 Å². The molecule has 190 valence electrons. The third-order valence-electron chi connectivity index (χ3n) is 5.58. The number of nitrogens with zero attached hydrogens (tertiary/aromatic N) is 1. The Morgan fingerprint density at radius 2 is 1.86 bits per heavy atom. The Bertz CT molecular complexity index is 1390. The lowest BCUT2D eigenvalue weighted by Crippen LogP contribution is -2.41. The number of rotatable bonds is 7. The molecule has 1 aliphatic heterocycles. The molecule has 1 aromatic carbocycles. The minimum atomic E-state index is -3.78. The number of hydrogen-bond acceptors (Lipinski definition) is 7. The van der Waals surface area contributed by atoms with Gasteiger partial charge in [0.15, 0.2) is 5.76 Å². The molecule has 0 aliphatic carbocycles. The van der Waals surface area contributed by atoms with Gasteiger partial charge in [-0.2, -0.15) is 0 Å². The average molecular weight is 495 g/mol. The molecule has 0 bridgehead atoms. The highest BCUT2D eigenvalue weighted by molar-refractivity contribution is 6.62. The maximum absolute atomic E-state index is 15.2. The number of carbonyl (C=O) groups excluding carboxylic acids is 2. The summed E-state index contributed by atoms with van der Waals surface area (Å²) in [6.45, 7) is 11.5. The predicted octanol–water partition coefficient (Wildman–Crippen LogP) is 2.69. The van der Waals surface area contributed by atoms with Crippen molar-refractivity contribution in [3.8, 4) is 11.3 Å². The number of hydrogen-bond donors (Lipinski definition) is 1. The number of esters is 1. The molecule has 1 amide bonds. The second-order valence-electron chi connectivity index (χ2n) is 10.0. The largest absolute Gasteiger partial charge is 0.494 e. The zero-order valence-electron chi connectivity index (χ0n) is 25.6. The number of ether oxygens (including phenoxy) is 1. The molecule has 2 N–H and O–H groups in total.